The van der Waals surface area contributed by atoms with Gasteiger partial charge in [-0.05, 0) is 55.3 Å². The van der Waals surface area contributed by atoms with Gasteiger partial charge in [-0.3, -0.25) is 4.57 Å². The summed E-state index contributed by atoms with van der Waals surface area (Å²) in [5.41, 5.74) is -0.623. The van der Waals surface area contributed by atoms with E-state index >= 15 is 0 Å². The predicted molar refractivity (Wildman–Crippen MR) is 107 cm³/mol. The quantitative estimate of drug-likeness (QED) is 0.410. The molecule has 0 aliphatic carbocycles. The van der Waals surface area contributed by atoms with Crippen molar-refractivity contribution in [2.75, 3.05) is 6.61 Å². The van der Waals surface area contributed by atoms with Crippen LogP contribution < -0.4 is 0 Å². The molecule has 0 bridgehead atoms. The normalized spacial score (nSPS) is 11.6. The van der Waals surface area contributed by atoms with Gasteiger partial charge in [-0.25, -0.2) is 4.79 Å². The van der Waals surface area contributed by atoms with Crippen molar-refractivity contribution in [1.82, 2.24) is 4.57 Å². The third-order valence-electron chi connectivity index (χ3n) is 4.35. The SMILES string of the molecule is CCOC(=O)c1c(-c2ccc(Cl)cc2)c(C)c(C(F)(F)F)n1-c1cccc(Cl)c1. The maximum absolute atomic E-state index is 14.1. The van der Waals surface area contributed by atoms with E-state index in [9.17, 15) is 18.0 Å². The lowest BCUT2D eigenvalue weighted by Crippen LogP contribution is -2.18. The summed E-state index contributed by atoms with van der Waals surface area (Å²) in [4.78, 5) is 12.8. The first-order chi connectivity index (χ1) is 13.6. The van der Waals surface area contributed by atoms with Crippen LogP contribution in [0.15, 0.2) is 48.5 Å². The van der Waals surface area contributed by atoms with Gasteiger partial charge >= 0.3 is 12.1 Å². The van der Waals surface area contributed by atoms with Crippen molar-refractivity contribution in [3.05, 3.63) is 75.5 Å². The Balaban J connectivity index is 2.46. The van der Waals surface area contributed by atoms with E-state index in [1.54, 1.807) is 37.3 Å². The molecule has 152 valence electrons. The van der Waals surface area contributed by atoms with Gasteiger partial charge in [0, 0.05) is 21.3 Å². The fraction of sp³-hybridized carbons (Fsp3) is 0.190. The number of esters is 1. The molecule has 0 aliphatic rings. The Morgan fingerprint density at radius 3 is 2.28 bits per heavy atom. The van der Waals surface area contributed by atoms with E-state index < -0.39 is 17.8 Å². The van der Waals surface area contributed by atoms with E-state index in [-0.39, 0.29) is 34.1 Å². The molecule has 0 saturated carbocycles. The summed E-state index contributed by atoms with van der Waals surface area (Å²) < 4.78 is 48.2. The number of carbonyl (C=O) groups is 1. The molecule has 0 N–H and O–H groups in total. The Morgan fingerprint density at radius 1 is 1.07 bits per heavy atom. The van der Waals surface area contributed by atoms with Crippen LogP contribution in [-0.2, 0) is 10.9 Å². The fourth-order valence-corrected chi connectivity index (χ4v) is 3.57. The van der Waals surface area contributed by atoms with Crippen LogP contribution in [0.5, 0.6) is 0 Å². The second kappa shape index (κ2) is 8.13. The van der Waals surface area contributed by atoms with Crippen molar-refractivity contribution in [2.45, 2.75) is 20.0 Å². The van der Waals surface area contributed by atoms with Crippen LogP contribution in [0.25, 0.3) is 16.8 Å². The summed E-state index contributed by atoms with van der Waals surface area (Å²) in [6.45, 7) is 2.93. The minimum absolute atomic E-state index is 0.0139. The van der Waals surface area contributed by atoms with Crippen LogP contribution in [0.2, 0.25) is 10.0 Å². The Hall–Kier alpha value is -2.44. The van der Waals surface area contributed by atoms with Crippen LogP contribution in [0, 0.1) is 6.92 Å². The third-order valence-corrected chi connectivity index (χ3v) is 4.84. The van der Waals surface area contributed by atoms with E-state index in [1.165, 1.54) is 25.1 Å². The molecule has 1 heterocycles. The van der Waals surface area contributed by atoms with E-state index in [4.69, 9.17) is 27.9 Å². The minimum Gasteiger partial charge on any atom is -0.461 e. The highest BCUT2D eigenvalue weighted by Crippen LogP contribution is 2.43. The summed E-state index contributed by atoms with van der Waals surface area (Å²) in [5.74, 6) is -0.865. The van der Waals surface area contributed by atoms with Crippen molar-refractivity contribution in [1.29, 1.82) is 0 Å². The topological polar surface area (TPSA) is 31.2 Å². The standard InChI is InChI=1S/C21H16Cl2F3NO2/c1-3-29-20(28)18-17(13-7-9-14(22)10-8-13)12(2)19(21(24,25)26)27(18)16-6-4-5-15(23)11-16/h4-11H,3H2,1-2H3. The number of alkyl halides is 3. The summed E-state index contributed by atoms with van der Waals surface area (Å²) >= 11 is 11.9. The van der Waals surface area contributed by atoms with Gasteiger partial charge in [-0.1, -0.05) is 41.4 Å². The number of benzene rings is 2. The summed E-state index contributed by atoms with van der Waals surface area (Å²) in [6, 6.07) is 12.1. The number of nitrogens with zero attached hydrogens (tertiary/aromatic N) is 1. The molecule has 8 heteroatoms. The highest BCUT2D eigenvalue weighted by molar-refractivity contribution is 6.31. The van der Waals surface area contributed by atoms with Gasteiger partial charge in [-0.2, -0.15) is 13.2 Å². The van der Waals surface area contributed by atoms with E-state index in [0.29, 0.717) is 10.6 Å². The second-order valence-electron chi connectivity index (χ2n) is 6.24. The molecule has 0 spiro atoms. The van der Waals surface area contributed by atoms with Crippen LogP contribution in [0.4, 0.5) is 13.2 Å². The van der Waals surface area contributed by atoms with Crippen LogP contribution >= 0.6 is 23.2 Å². The highest BCUT2D eigenvalue weighted by Gasteiger charge is 2.42. The zero-order chi connectivity index (χ0) is 21.3. The molecular weight excluding hydrogens is 426 g/mol. The largest absolute Gasteiger partial charge is 0.461 e. The average molecular weight is 442 g/mol. The zero-order valence-corrected chi connectivity index (χ0v) is 17.0. The Bertz CT molecular complexity index is 1060. The molecule has 0 unspecified atom stereocenters. The van der Waals surface area contributed by atoms with Gasteiger partial charge in [0.15, 0.2) is 0 Å². The van der Waals surface area contributed by atoms with Crippen LogP contribution in [-0.4, -0.2) is 17.1 Å². The second-order valence-corrected chi connectivity index (χ2v) is 7.11. The molecule has 29 heavy (non-hydrogen) atoms. The Kier molecular flexibility index (Phi) is 5.96. The van der Waals surface area contributed by atoms with Crippen LogP contribution in [0.1, 0.15) is 28.7 Å². The van der Waals surface area contributed by atoms with Crippen molar-refractivity contribution in [2.24, 2.45) is 0 Å². The molecule has 3 rings (SSSR count). The molecule has 2 aromatic carbocycles. The molecule has 0 fully saturated rings. The Morgan fingerprint density at radius 2 is 1.72 bits per heavy atom. The molecule has 1 aromatic heterocycles. The number of rotatable bonds is 4. The lowest BCUT2D eigenvalue weighted by molar-refractivity contribution is -0.142. The number of aromatic nitrogens is 1. The molecule has 0 atom stereocenters. The lowest BCUT2D eigenvalue weighted by Gasteiger charge is -2.16. The molecular formula is C21H16Cl2F3NO2. The van der Waals surface area contributed by atoms with Gasteiger partial charge in [0.2, 0.25) is 0 Å². The molecule has 0 aliphatic heterocycles. The van der Waals surface area contributed by atoms with Crippen molar-refractivity contribution >= 4 is 29.2 Å². The smallest absolute Gasteiger partial charge is 0.432 e. The molecule has 3 aromatic rings. The fourth-order valence-electron chi connectivity index (χ4n) is 3.26. The lowest BCUT2D eigenvalue weighted by atomic mass is 10.0. The predicted octanol–water partition coefficient (Wildman–Crippen LogP) is 6.96. The number of hydrogen-bond acceptors (Lipinski definition) is 2. The van der Waals surface area contributed by atoms with Crippen molar-refractivity contribution in [3.63, 3.8) is 0 Å². The summed E-state index contributed by atoms with van der Waals surface area (Å²) in [7, 11) is 0. The first-order valence-electron chi connectivity index (χ1n) is 8.66. The number of carbonyl (C=O) groups excluding carboxylic acids is 1. The van der Waals surface area contributed by atoms with Gasteiger partial charge < -0.3 is 4.74 Å². The first kappa shape index (κ1) is 21.3. The van der Waals surface area contributed by atoms with Gasteiger partial charge in [0.1, 0.15) is 11.4 Å². The number of hydrogen-bond donors (Lipinski definition) is 0. The monoisotopic (exact) mass is 441 g/mol. The number of ether oxygens (including phenoxy) is 1. The summed E-state index contributed by atoms with van der Waals surface area (Å²) in [6.07, 6.45) is -4.72. The first-order valence-corrected chi connectivity index (χ1v) is 9.42. The van der Waals surface area contributed by atoms with Crippen molar-refractivity contribution in [3.8, 4) is 16.8 Å². The van der Waals surface area contributed by atoms with E-state index in [2.05, 4.69) is 0 Å². The third kappa shape index (κ3) is 4.14. The number of halogens is 5. The maximum atomic E-state index is 14.1. The zero-order valence-electron chi connectivity index (χ0n) is 15.5. The van der Waals surface area contributed by atoms with Crippen molar-refractivity contribution < 1.29 is 22.7 Å². The summed E-state index contributed by atoms with van der Waals surface area (Å²) in [5, 5.41) is 0.666. The van der Waals surface area contributed by atoms with Crippen LogP contribution in [0.3, 0.4) is 0 Å². The molecule has 0 amide bonds. The van der Waals surface area contributed by atoms with Gasteiger partial charge in [-0.15, -0.1) is 0 Å². The van der Waals surface area contributed by atoms with E-state index in [0.717, 1.165) is 4.57 Å². The average Bonchev–Trinajstić information content (AvgIpc) is 2.96. The van der Waals surface area contributed by atoms with E-state index in [1.807, 2.05) is 0 Å². The Labute approximate surface area is 175 Å². The highest BCUT2D eigenvalue weighted by atomic mass is 35.5. The minimum atomic E-state index is -4.72. The molecule has 0 saturated heterocycles. The maximum Gasteiger partial charge on any atom is 0.432 e. The molecule has 3 nitrogen and oxygen atoms in total. The molecule has 0 radical (unpaired) electrons. The van der Waals surface area contributed by atoms with Gasteiger partial charge in [0.05, 0.1) is 6.61 Å². The van der Waals surface area contributed by atoms with Gasteiger partial charge in [0.25, 0.3) is 0 Å².